The molecule has 0 N–H and O–H groups in total. The summed E-state index contributed by atoms with van der Waals surface area (Å²) in [6, 6.07) is 25.9. The number of hydrogen-bond acceptors (Lipinski definition) is 6. The number of aromatic nitrogens is 3. The van der Waals surface area contributed by atoms with Gasteiger partial charge in [0, 0.05) is 24.2 Å². The number of pyridine rings is 2. The van der Waals surface area contributed by atoms with Gasteiger partial charge in [-0.1, -0.05) is 53.7 Å². The summed E-state index contributed by atoms with van der Waals surface area (Å²) in [6.45, 7) is 6.17. The van der Waals surface area contributed by atoms with E-state index >= 15 is 0 Å². The topological polar surface area (TPSA) is 78.6 Å². The van der Waals surface area contributed by atoms with Crippen LogP contribution in [0.2, 0.25) is 0 Å². The second kappa shape index (κ2) is 10.8. The molecule has 1 aliphatic heterocycles. The molecule has 0 amide bonds. The van der Waals surface area contributed by atoms with Gasteiger partial charge in [0.05, 0.1) is 40.5 Å². The van der Waals surface area contributed by atoms with Crippen molar-refractivity contribution in [3.63, 3.8) is 0 Å². The summed E-state index contributed by atoms with van der Waals surface area (Å²) < 4.78 is 7.43. The van der Waals surface area contributed by atoms with Crippen LogP contribution in [0.3, 0.4) is 0 Å². The summed E-state index contributed by atoms with van der Waals surface area (Å²) >= 11 is 0. The predicted octanol–water partition coefficient (Wildman–Crippen LogP) is 6.79. The van der Waals surface area contributed by atoms with Crippen molar-refractivity contribution >= 4 is 22.7 Å². The van der Waals surface area contributed by atoms with E-state index in [4.69, 9.17) is 19.5 Å². The van der Waals surface area contributed by atoms with Crippen molar-refractivity contribution in [1.82, 2.24) is 14.5 Å². The fourth-order valence-electron chi connectivity index (χ4n) is 5.52. The molecule has 40 heavy (non-hydrogen) atoms. The lowest BCUT2D eigenvalue weighted by Crippen LogP contribution is -2.17. The number of nitrogens with zero attached hydrogens (tertiary/aromatic N) is 4. The third-order valence-corrected chi connectivity index (χ3v) is 7.40. The van der Waals surface area contributed by atoms with Gasteiger partial charge in [-0.15, -0.1) is 0 Å². The number of ether oxygens (including phenoxy) is 1. The average Bonchev–Trinajstić information content (AvgIpc) is 3.53. The average molecular weight is 531 g/mol. The number of oxime groups is 1. The predicted molar refractivity (Wildman–Crippen MR) is 155 cm³/mol. The monoisotopic (exact) mass is 530 g/mol. The summed E-state index contributed by atoms with van der Waals surface area (Å²) in [5, 5.41) is 4.23. The second-order valence-corrected chi connectivity index (χ2v) is 9.97. The maximum atomic E-state index is 12.3. The van der Waals surface area contributed by atoms with E-state index < -0.39 is 0 Å². The Hall–Kier alpha value is -4.78. The maximum Gasteiger partial charge on any atom is 0.338 e. The van der Waals surface area contributed by atoms with Crippen LogP contribution >= 0.6 is 0 Å². The normalized spacial score (nSPS) is 17.3. The van der Waals surface area contributed by atoms with Gasteiger partial charge in [0.2, 0.25) is 0 Å². The summed E-state index contributed by atoms with van der Waals surface area (Å²) in [6.07, 6.45) is 5.82. The molecule has 0 saturated heterocycles. The van der Waals surface area contributed by atoms with Gasteiger partial charge in [-0.25, -0.2) is 4.79 Å². The van der Waals surface area contributed by atoms with Crippen LogP contribution in [0.5, 0.6) is 0 Å². The molecule has 7 heteroatoms. The zero-order valence-electron chi connectivity index (χ0n) is 22.7. The number of hydrogen-bond donors (Lipinski definition) is 0. The molecule has 7 nitrogen and oxygen atoms in total. The highest BCUT2D eigenvalue weighted by Crippen LogP contribution is 2.38. The first kappa shape index (κ1) is 25.5. The van der Waals surface area contributed by atoms with Gasteiger partial charge in [0.15, 0.2) is 0 Å². The van der Waals surface area contributed by atoms with Crippen LogP contribution in [0.4, 0.5) is 0 Å². The highest BCUT2D eigenvalue weighted by molar-refractivity contribution is 5.96. The Kier molecular flexibility index (Phi) is 6.86. The zero-order valence-corrected chi connectivity index (χ0v) is 22.7. The smallest absolute Gasteiger partial charge is 0.338 e. The number of rotatable bonds is 7. The van der Waals surface area contributed by atoms with Gasteiger partial charge in [-0.2, -0.15) is 0 Å². The van der Waals surface area contributed by atoms with Crippen LogP contribution < -0.4 is 0 Å². The van der Waals surface area contributed by atoms with E-state index in [-0.39, 0.29) is 24.0 Å². The summed E-state index contributed by atoms with van der Waals surface area (Å²) in [7, 11) is 0. The quantitative estimate of drug-likeness (QED) is 0.217. The van der Waals surface area contributed by atoms with Crippen molar-refractivity contribution in [1.29, 1.82) is 0 Å². The standard InChI is InChI=1S/C33H30N4O3/c1-4-39-33(38)25-15-13-23(14-16-25)27-20-37(32(24-10-6-5-7-11-24)28-12-8-9-17-34-28)29-18-26(19-35-31(27)29)30-21(2)36-40-22(30)3/h5-20,22,30,32H,4H2,1-3H3. The van der Waals surface area contributed by atoms with Gasteiger partial charge in [0.25, 0.3) is 0 Å². The van der Waals surface area contributed by atoms with E-state index in [0.29, 0.717) is 12.2 Å². The third kappa shape index (κ3) is 4.64. The maximum absolute atomic E-state index is 12.3. The van der Waals surface area contributed by atoms with Crippen LogP contribution in [-0.2, 0) is 9.57 Å². The molecule has 0 bridgehead atoms. The van der Waals surface area contributed by atoms with E-state index in [2.05, 4.69) is 40.2 Å². The molecule has 5 aromatic rings. The van der Waals surface area contributed by atoms with Crippen LogP contribution in [0.15, 0.2) is 103 Å². The molecule has 3 atom stereocenters. The molecule has 6 rings (SSSR count). The first-order valence-electron chi connectivity index (χ1n) is 13.5. The van der Waals surface area contributed by atoms with Gasteiger partial charge in [-0.3, -0.25) is 9.97 Å². The fourth-order valence-corrected chi connectivity index (χ4v) is 5.52. The Morgan fingerprint density at radius 2 is 1.80 bits per heavy atom. The van der Waals surface area contributed by atoms with Crippen molar-refractivity contribution < 1.29 is 14.4 Å². The van der Waals surface area contributed by atoms with Crippen molar-refractivity contribution in [2.75, 3.05) is 6.61 Å². The number of carbonyl (C=O) groups is 1. The van der Waals surface area contributed by atoms with E-state index in [9.17, 15) is 4.79 Å². The molecule has 2 aromatic carbocycles. The molecule has 0 aliphatic carbocycles. The van der Waals surface area contributed by atoms with Crippen molar-refractivity contribution in [2.24, 2.45) is 5.16 Å². The summed E-state index contributed by atoms with van der Waals surface area (Å²) in [5.74, 6) is -0.305. The van der Waals surface area contributed by atoms with Gasteiger partial charge < -0.3 is 14.1 Å². The Morgan fingerprint density at radius 1 is 1.02 bits per heavy atom. The molecule has 1 aliphatic rings. The van der Waals surface area contributed by atoms with Crippen molar-refractivity contribution in [3.05, 3.63) is 120 Å². The first-order valence-corrected chi connectivity index (χ1v) is 13.5. The van der Waals surface area contributed by atoms with Gasteiger partial charge in [0.1, 0.15) is 12.1 Å². The molecule has 4 heterocycles. The second-order valence-electron chi connectivity index (χ2n) is 9.97. The van der Waals surface area contributed by atoms with E-state index in [0.717, 1.165) is 44.7 Å². The van der Waals surface area contributed by atoms with Crippen LogP contribution in [0.1, 0.15) is 59.9 Å². The Labute approximate surface area is 233 Å². The van der Waals surface area contributed by atoms with E-state index in [1.165, 1.54) is 0 Å². The summed E-state index contributed by atoms with van der Waals surface area (Å²) in [4.78, 5) is 27.6. The highest BCUT2D eigenvalue weighted by atomic mass is 16.6. The number of esters is 1. The molecular weight excluding hydrogens is 500 g/mol. The van der Waals surface area contributed by atoms with E-state index in [1.807, 2.05) is 68.7 Å². The zero-order chi connectivity index (χ0) is 27.6. The fraction of sp³-hybridized carbons (Fsp3) is 0.212. The Bertz CT molecular complexity index is 1640. The molecular formula is C33H30N4O3. The molecule has 0 fully saturated rings. The largest absolute Gasteiger partial charge is 0.462 e. The minimum Gasteiger partial charge on any atom is -0.462 e. The summed E-state index contributed by atoms with van der Waals surface area (Å²) in [5.41, 5.74) is 8.32. The van der Waals surface area contributed by atoms with Gasteiger partial charge >= 0.3 is 5.97 Å². The minimum absolute atomic E-state index is 0.0255. The molecule has 0 saturated carbocycles. The molecule has 200 valence electrons. The van der Waals surface area contributed by atoms with E-state index in [1.54, 1.807) is 19.1 Å². The lowest BCUT2D eigenvalue weighted by Gasteiger charge is -2.21. The number of fused-ring (bicyclic) bond motifs is 1. The van der Waals surface area contributed by atoms with Crippen molar-refractivity contribution in [3.8, 4) is 11.1 Å². The number of benzene rings is 2. The molecule has 0 radical (unpaired) electrons. The van der Waals surface area contributed by atoms with Crippen LogP contribution in [0, 0.1) is 0 Å². The SMILES string of the molecule is CCOC(=O)c1ccc(-c2cn(C(c3ccccc3)c3ccccn3)c3cc(C4C(C)=NOC4C)cnc23)cc1. The minimum atomic E-state index is -0.330. The molecule has 3 unspecified atom stereocenters. The number of carbonyl (C=O) groups excluding carboxylic acids is 1. The van der Waals surface area contributed by atoms with Gasteiger partial charge in [-0.05, 0) is 67.8 Å². The van der Waals surface area contributed by atoms with Crippen molar-refractivity contribution in [2.45, 2.75) is 38.8 Å². The Morgan fingerprint density at radius 3 is 2.48 bits per heavy atom. The van der Waals surface area contributed by atoms with Crippen LogP contribution in [-0.4, -0.2) is 38.9 Å². The molecule has 3 aromatic heterocycles. The molecule has 0 spiro atoms. The lowest BCUT2D eigenvalue weighted by atomic mass is 9.91. The highest BCUT2D eigenvalue weighted by Gasteiger charge is 2.31. The lowest BCUT2D eigenvalue weighted by molar-refractivity contribution is 0.0526. The Balaban J connectivity index is 1.56. The first-order chi connectivity index (χ1) is 19.5. The van der Waals surface area contributed by atoms with Crippen LogP contribution in [0.25, 0.3) is 22.2 Å². The third-order valence-electron chi connectivity index (χ3n) is 7.40.